The zero-order chi connectivity index (χ0) is 10.7. The summed E-state index contributed by atoms with van der Waals surface area (Å²) in [5, 5.41) is 14.8. The zero-order valence-corrected chi connectivity index (χ0v) is 8.14. The predicted molar refractivity (Wildman–Crippen MR) is 56.5 cm³/mol. The second-order valence-electron chi connectivity index (χ2n) is 3.44. The number of nitrogens with one attached hydrogen (secondary N) is 1. The molecule has 0 bridgehead atoms. The molecule has 5 nitrogen and oxygen atoms in total. The van der Waals surface area contributed by atoms with Crippen molar-refractivity contribution >= 4 is 11.4 Å². The molecule has 15 heavy (non-hydrogen) atoms. The first-order valence-electron chi connectivity index (χ1n) is 4.81. The number of aliphatic hydroxyl groups is 1. The Morgan fingerprint density at radius 3 is 3.20 bits per heavy atom. The van der Waals surface area contributed by atoms with Crippen LogP contribution in [0.4, 0.5) is 11.4 Å². The molecule has 2 N–H and O–H groups in total. The molecule has 1 heterocycles. The van der Waals surface area contributed by atoms with Crippen LogP contribution in [0, 0.1) is 4.91 Å². The Morgan fingerprint density at radius 2 is 2.47 bits per heavy atom. The van der Waals surface area contributed by atoms with Crippen molar-refractivity contribution in [1.82, 2.24) is 0 Å². The van der Waals surface area contributed by atoms with Gasteiger partial charge in [0.15, 0.2) is 0 Å². The molecule has 1 aromatic rings. The van der Waals surface area contributed by atoms with E-state index in [1.54, 1.807) is 18.2 Å². The van der Waals surface area contributed by atoms with Crippen LogP contribution in [0.2, 0.25) is 0 Å². The third kappa shape index (κ3) is 2.07. The lowest BCUT2D eigenvalue weighted by Gasteiger charge is -2.26. The third-order valence-corrected chi connectivity index (χ3v) is 2.35. The summed E-state index contributed by atoms with van der Waals surface area (Å²) in [7, 11) is 0. The van der Waals surface area contributed by atoms with Crippen molar-refractivity contribution in [3.63, 3.8) is 0 Å². The highest BCUT2D eigenvalue weighted by molar-refractivity contribution is 5.64. The number of hydrogen-bond acceptors (Lipinski definition) is 5. The topological polar surface area (TPSA) is 70.9 Å². The largest absolute Gasteiger partial charge is 0.489 e. The Labute approximate surface area is 87.0 Å². The summed E-state index contributed by atoms with van der Waals surface area (Å²) in [5.41, 5.74) is 1.13. The predicted octanol–water partition coefficient (Wildman–Crippen LogP) is 1.64. The molecule has 0 aliphatic carbocycles. The van der Waals surface area contributed by atoms with Crippen LogP contribution in [0.15, 0.2) is 23.4 Å². The van der Waals surface area contributed by atoms with Gasteiger partial charge in [-0.05, 0) is 29.8 Å². The molecule has 0 amide bonds. The minimum absolute atomic E-state index is 0.0874. The number of ether oxygens (including phenoxy) is 1. The minimum Gasteiger partial charge on any atom is -0.489 e. The average Bonchev–Trinajstić information content (AvgIpc) is 2.28. The number of benzene rings is 1. The molecule has 0 spiro atoms. The van der Waals surface area contributed by atoms with Gasteiger partial charge >= 0.3 is 0 Å². The van der Waals surface area contributed by atoms with Gasteiger partial charge in [0.25, 0.3) is 0 Å². The van der Waals surface area contributed by atoms with Crippen LogP contribution in [0.3, 0.4) is 0 Å². The fraction of sp³-hybridized carbons (Fsp3) is 0.400. The molecule has 1 unspecified atom stereocenters. The Morgan fingerprint density at radius 1 is 1.60 bits per heavy atom. The molecule has 0 saturated carbocycles. The van der Waals surface area contributed by atoms with Gasteiger partial charge in [0.1, 0.15) is 18.0 Å². The zero-order valence-electron chi connectivity index (χ0n) is 8.14. The Bertz CT molecular complexity index is 368. The standard InChI is InChI=1S/C10H12N2O3/c13-4-3-8-6-15-10-2-1-7(12-14)5-9(10)11-8/h1-2,5,8,11,13H,3-4,6H2. The van der Waals surface area contributed by atoms with E-state index in [0.717, 1.165) is 11.4 Å². The summed E-state index contributed by atoms with van der Waals surface area (Å²) < 4.78 is 5.47. The van der Waals surface area contributed by atoms with Gasteiger partial charge in [-0.1, -0.05) is 0 Å². The van der Waals surface area contributed by atoms with E-state index in [9.17, 15) is 4.91 Å². The summed E-state index contributed by atoms with van der Waals surface area (Å²) in [6.45, 7) is 0.642. The van der Waals surface area contributed by atoms with Crippen molar-refractivity contribution < 1.29 is 9.84 Å². The number of aliphatic hydroxyl groups excluding tert-OH is 1. The molecular weight excluding hydrogens is 196 g/mol. The van der Waals surface area contributed by atoms with E-state index in [4.69, 9.17) is 9.84 Å². The van der Waals surface area contributed by atoms with Crippen molar-refractivity contribution in [2.45, 2.75) is 12.5 Å². The molecule has 5 heteroatoms. The smallest absolute Gasteiger partial charge is 0.142 e. The molecular formula is C10H12N2O3. The van der Waals surface area contributed by atoms with E-state index in [0.29, 0.717) is 18.7 Å². The van der Waals surface area contributed by atoms with Crippen LogP contribution in [0.5, 0.6) is 5.75 Å². The van der Waals surface area contributed by atoms with Gasteiger partial charge in [-0.3, -0.25) is 0 Å². The molecule has 0 aromatic heterocycles. The summed E-state index contributed by atoms with van der Waals surface area (Å²) in [5.74, 6) is 0.719. The summed E-state index contributed by atoms with van der Waals surface area (Å²) >= 11 is 0. The molecule has 1 aromatic carbocycles. The van der Waals surface area contributed by atoms with E-state index in [1.807, 2.05) is 0 Å². The van der Waals surface area contributed by atoms with Gasteiger partial charge in [-0.2, -0.15) is 0 Å². The highest BCUT2D eigenvalue weighted by atomic mass is 16.5. The lowest BCUT2D eigenvalue weighted by Crippen LogP contribution is -2.32. The maximum atomic E-state index is 10.3. The first-order chi connectivity index (χ1) is 7.33. The molecule has 2 rings (SSSR count). The highest BCUT2D eigenvalue weighted by Crippen LogP contribution is 2.32. The maximum absolute atomic E-state index is 10.3. The molecule has 0 fully saturated rings. The fourth-order valence-corrected chi connectivity index (χ4v) is 1.58. The lowest BCUT2D eigenvalue weighted by molar-refractivity contribution is 0.233. The van der Waals surface area contributed by atoms with E-state index in [-0.39, 0.29) is 12.6 Å². The average molecular weight is 208 g/mol. The summed E-state index contributed by atoms with van der Waals surface area (Å²) in [6.07, 6.45) is 0.623. The van der Waals surface area contributed by atoms with Crippen LogP contribution in [-0.2, 0) is 0 Å². The van der Waals surface area contributed by atoms with Crippen molar-refractivity contribution in [2.75, 3.05) is 18.5 Å². The van der Waals surface area contributed by atoms with Gasteiger partial charge < -0.3 is 15.2 Å². The maximum Gasteiger partial charge on any atom is 0.142 e. The number of anilines is 1. The number of nitrogens with zero attached hydrogens (tertiary/aromatic N) is 1. The molecule has 0 saturated heterocycles. The highest BCUT2D eigenvalue weighted by Gasteiger charge is 2.18. The normalized spacial score (nSPS) is 18.6. The number of nitroso groups, excluding NO2 is 1. The number of hydrogen-bond donors (Lipinski definition) is 2. The van der Waals surface area contributed by atoms with Crippen LogP contribution in [0.1, 0.15) is 6.42 Å². The quantitative estimate of drug-likeness (QED) is 0.741. The first-order valence-corrected chi connectivity index (χ1v) is 4.81. The van der Waals surface area contributed by atoms with Crippen molar-refractivity contribution in [1.29, 1.82) is 0 Å². The van der Waals surface area contributed by atoms with Crippen molar-refractivity contribution in [2.24, 2.45) is 5.18 Å². The van der Waals surface area contributed by atoms with Gasteiger partial charge in [-0.15, -0.1) is 4.91 Å². The second-order valence-corrected chi connectivity index (χ2v) is 3.44. The summed E-state index contributed by atoms with van der Waals surface area (Å²) in [4.78, 5) is 10.3. The molecule has 1 aliphatic rings. The van der Waals surface area contributed by atoms with Crippen LogP contribution < -0.4 is 10.1 Å². The summed E-state index contributed by atoms with van der Waals surface area (Å²) in [6, 6.07) is 5.06. The Hall–Kier alpha value is -1.62. The number of rotatable bonds is 3. The Kier molecular flexibility index (Phi) is 2.82. The monoisotopic (exact) mass is 208 g/mol. The first kappa shape index (κ1) is 9.92. The van der Waals surface area contributed by atoms with Crippen LogP contribution >= 0.6 is 0 Å². The third-order valence-electron chi connectivity index (χ3n) is 2.35. The molecule has 1 atom stereocenters. The molecule has 80 valence electrons. The lowest BCUT2D eigenvalue weighted by atomic mass is 10.1. The Balaban J connectivity index is 2.19. The fourth-order valence-electron chi connectivity index (χ4n) is 1.58. The van der Waals surface area contributed by atoms with Crippen molar-refractivity contribution in [3.8, 4) is 5.75 Å². The van der Waals surface area contributed by atoms with Gasteiger partial charge in [-0.25, -0.2) is 0 Å². The SMILES string of the molecule is O=Nc1ccc2c(c1)NC(CCO)CO2. The minimum atomic E-state index is 0.0874. The van der Waals surface area contributed by atoms with Crippen molar-refractivity contribution in [3.05, 3.63) is 23.1 Å². The van der Waals surface area contributed by atoms with Gasteiger partial charge in [0.05, 0.1) is 11.7 Å². The van der Waals surface area contributed by atoms with Gasteiger partial charge in [0, 0.05) is 6.61 Å². The van der Waals surface area contributed by atoms with E-state index < -0.39 is 0 Å². The van der Waals surface area contributed by atoms with Crippen LogP contribution in [0.25, 0.3) is 0 Å². The van der Waals surface area contributed by atoms with E-state index in [1.165, 1.54) is 0 Å². The molecule has 1 aliphatic heterocycles. The second kappa shape index (κ2) is 4.27. The van der Waals surface area contributed by atoms with Crippen LogP contribution in [-0.4, -0.2) is 24.4 Å². The van der Waals surface area contributed by atoms with E-state index in [2.05, 4.69) is 10.5 Å². The molecule has 0 radical (unpaired) electrons. The van der Waals surface area contributed by atoms with Gasteiger partial charge in [0.2, 0.25) is 0 Å². The number of fused-ring (bicyclic) bond motifs is 1. The van der Waals surface area contributed by atoms with E-state index >= 15 is 0 Å².